The molecule has 5 heteroatoms. The number of amides is 1. The van der Waals surface area contributed by atoms with Gasteiger partial charge in [0.25, 0.3) is 5.91 Å². The van der Waals surface area contributed by atoms with Gasteiger partial charge in [0.1, 0.15) is 23.4 Å². The highest BCUT2D eigenvalue weighted by molar-refractivity contribution is 5.94. The SMILES string of the molecule is COc1ccc(OC2CCN(C(=O)c3cccc(O)c3)C2)cc1. The molecule has 0 bridgehead atoms. The Morgan fingerprint density at radius 2 is 1.91 bits per heavy atom. The second-order valence-corrected chi connectivity index (χ2v) is 5.51. The van der Waals surface area contributed by atoms with Gasteiger partial charge >= 0.3 is 0 Å². The molecule has 0 spiro atoms. The average molecular weight is 313 g/mol. The fraction of sp³-hybridized carbons (Fsp3) is 0.278. The largest absolute Gasteiger partial charge is 0.508 e. The van der Waals surface area contributed by atoms with Crippen molar-refractivity contribution >= 4 is 5.91 Å². The summed E-state index contributed by atoms with van der Waals surface area (Å²) in [5.74, 6) is 1.56. The van der Waals surface area contributed by atoms with Crippen LogP contribution in [0.25, 0.3) is 0 Å². The maximum absolute atomic E-state index is 12.4. The first-order valence-electron chi connectivity index (χ1n) is 7.55. The minimum atomic E-state index is -0.0817. The van der Waals surface area contributed by atoms with E-state index in [1.807, 2.05) is 24.3 Å². The van der Waals surface area contributed by atoms with Crippen LogP contribution in [-0.4, -0.2) is 42.2 Å². The van der Waals surface area contributed by atoms with Crippen LogP contribution in [0.3, 0.4) is 0 Å². The maximum Gasteiger partial charge on any atom is 0.254 e. The van der Waals surface area contributed by atoms with Crippen molar-refractivity contribution in [3.63, 3.8) is 0 Å². The molecule has 1 fully saturated rings. The second kappa shape index (κ2) is 6.60. The van der Waals surface area contributed by atoms with Crippen LogP contribution in [0.5, 0.6) is 17.2 Å². The number of benzene rings is 2. The number of aromatic hydroxyl groups is 1. The lowest BCUT2D eigenvalue weighted by molar-refractivity contribution is 0.0772. The predicted octanol–water partition coefficient (Wildman–Crippen LogP) is 2.69. The van der Waals surface area contributed by atoms with Crippen molar-refractivity contribution in [2.75, 3.05) is 20.2 Å². The van der Waals surface area contributed by atoms with E-state index in [4.69, 9.17) is 9.47 Å². The van der Waals surface area contributed by atoms with Gasteiger partial charge in [-0.3, -0.25) is 4.79 Å². The smallest absolute Gasteiger partial charge is 0.254 e. The van der Waals surface area contributed by atoms with E-state index in [-0.39, 0.29) is 17.8 Å². The molecule has 1 amide bonds. The Labute approximate surface area is 135 Å². The zero-order valence-electron chi connectivity index (χ0n) is 12.9. The number of phenols is 1. The van der Waals surface area contributed by atoms with Gasteiger partial charge in [0.2, 0.25) is 0 Å². The molecule has 0 aromatic heterocycles. The lowest BCUT2D eigenvalue weighted by atomic mass is 10.2. The molecule has 23 heavy (non-hydrogen) atoms. The molecule has 0 saturated carbocycles. The summed E-state index contributed by atoms with van der Waals surface area (Å²) in [4.78, 5) is 14.2. The molecular formula is C18H19NO4. The third kappa shape index (κ3) is 3.56. The van der Waals surface area contributed by atoms with Crippen LogP contribution in [0.2, 0.25) is 0 Å². The van der Waals surface area contributed by atoms with Gasteiger partial charge < -0.3 is 19.5 Å². The van der Waals surface area contributed by atoms with Gasteiger partial charge in [-0.05, 0) is 42.5 Å². The topological polar surface area (TPSA) is 59.0 Å². The molecule has 1 N–H and O–H groups in total. The van der Waals surface area contributed by atoms with Crippen LogP contribution in [0.1, 0.15) is 16.8 Å². The summed E-state index contributed by atoms with van der Waals surface area (Å²) in [6.07, 6.45) is 0.765. The zero-order chi connectivity index (χ0) is 16.2. The highest BCUT2D eigenvalue weighted by Gasteiger charge is 2.28. The summed E-state index contributed by atoms with van der Waals surface area (Å²) in [5.41, 5.74) is 0.495. The minimum Gasteiger partial charge on any atom is -0.508 e. The summed E-state index contributed by atoms with van der Waals surface area (Å²) in [5, 5.41) is 9.49. The van der Waals surface area contributed by atoms with Crippen LogP contribution in [0.15, 0.2) is 48.5 Å². The van der Waals surface area contributed by atoms with Gasteiger partial charge in [0.15, 0.2) is 0 Å². The molecule has 1 unspecified atom stereocenters. The molecular weight excluding hydrogens is 294 g/mol. The number of carbonyl (C=O) groups excluding carboxylic acids is 1. The minimum absolute atomic E-state index is 0.0235. The Kier molecular flexibility index (Phi) is 4.37. The fourth-order valence-corrected chi connectivity index (χ4v) is 2.68. The van der Waals surface area contributed by atoms with Gasteiger partial charge in [0.05, 0.1) is 13.7 Å². The number of nitrogens with zero attached hydrogens (tertiary/aromatic N) is 1. The monoisotopic (exact) mass is 313 g/mol. The number of ether oxygens (including phenoxy) is 2. The van der Waals surface area contributed by atoms with Gasteiger partial charge in [-0.2, -0.15) is 0 Å². The van der Waals surface area contributed by atoms with E-state index in [9.17, 15) is 9.90 Å². The van der Waals surface area contributed by atoms with Crippen LogP contribution in [0.4, 0.5) is 0 Å². The number of carbonyl (C=O) groups is 1. The Hall–Kier alpha value is -2.69. The van der Waals surface area contributed by atoms with Gasteiger partial charge in [-0.25, -0.2) is 0 Å². The molecule has 1 saturated heterocycles. The number of hydrogen-bond acceptors (Lipinski definition) is 4. The first-order valence-corrected chi connectivity index (χ1v) is 7.55. The Morgan fingerprint density at radius 3 is 2.61 bits per heavy atom. The van der Waals surface area contributed by atoms with E-state index in [0.717, 1.165) is 17.9 Å². The third-order valence-corrected chi connectivity index (χ3v) is 3.89. The third-order valence-electron chi connectivity index (χ3n) is 3.89. The molecule has 120 valence electrons. The summed E-state index contributed by atoms with van der Waals surface area (Å²) in [7, 11) is 1.62. The molecule has 0 aliphatic carbocycles. The van der Waals surface area contributed by atoms with E-state index in [1.54, 1.807) is 30.2 Å². The first kappa shape index (κ1) is 15.2. The normalized spacial score (nSPS) is 17.1. The summed E-state index contributed by atoms with van der Waals surface area (Å²) < 4.78 is 11.0. The Bertz CT molecular complexity index is 684. The van der Waals surface area contributed by atoms with E-state index in [0.29, 0.717) is 18.7 Å². The molecule has 5 nitrogen and oxygen atoms in total. The van der Waals surface area contributed by atoms with Crippen molar-refractivity contribution in [2.24, 2.45) is 0 Å². The first-order chi connectivity index (χ1) is 11.2. The number of phenolic OH excluding ortho intramolecular Hbond substituents is 1. The van der Waals surface area contributed by atoms with Gasteiger partial charge in [0, 0.05) is 18.5 Å². The average Bonchev–Trinajstić information content (AvgIpc) is 3.03. The fourth-order valence-electron chi connectivity index (χ4n) is 2.68. The Balaban J connectivity index is 1.60. The maximum atomic E-state index is 12.4. The standard InChI is InChI=1S/C18H19NO4/c1-22-15-5-7-16(8-6-15)23-17-9-10-19(12-17)18(21)13-3-2-4-14(20)11-13/h2-8,11,17,20H,9-10,12H2,1H3. The number of methoxy groups -OCH3 is 1. The summed E-state index contributed by atoms with van der Waals surface area (Å²) in [6, 6.07) is 13.8. The van der Waals surface area contributed by atoms with Crippen LogP contribution in [0, 0.1) is 0 Å². The zero-order valence-corrected chi connectivity index (χ0v) is 12.9. The van der Waals surface area contributed by atoms with E-state index < -0.39 is 0 Å². The molecule has 1 aliphatic rings. The lowest BCUT2D eigenvalue weighted by Crippen LogP contribution is -2.30. The number of hydrogen-bond donors (Lipinski definition) is 1. The van der Waals surface area contributed by atoms with Crippen molar-refractivity contribution in [1.29, 1.82) is 0 Å². The predicted molar refractivity (Wildman–Crippen MR) is 86.0 cm³/mol. The van der Waals surface area contributed by atoms with Gasteiger partial charge in [-0.15, -0.1) is 0 Å². The van der Waals surface area contributed by atoms with E-state index in [2.05, 4.69) is 0 Å². The van der Waals surface area contributed by atoms with Crippen LogP contribution < -0.4 is 9.47 Å². The molecule has 1 aliphatic heterocycles. The van der Waals surface area contributed by atoms with Crippen molar-refractivity contribution < 1.29 is 19.4 Å². The van der Waals surface area contributed by atoms with Crippen molar-refractivity contribution in [1.82, 2.24) is 4.90 Å². The lowest BCUT2D eigenvalue weighted by Gasteiger charge is -2.17. The highest BCUT2D eigenvalue weighted by Crippen LogP contribution is 2.23. The molecule has 2 aromatic carbocycles. The highest BCUT2D eigenvalue weighted by atomic mass is 16.5. The number of rotatable bonds is 4. The van der Waals surface area contributed by atoms with Crippen molar-refractivity contribution in [3.8, 4) is 17.2 Å². The summed E-state index contributed by atoms with van der Waals surface area (Å²) >= 11 is 0. The van der Waals surface area contributed by atoms with Crippen molar-refractivity contribution in [2.45, 2.75) is 12.5 Å². The molecule has 3 rings (SSSR count). The molecule has 0 radical (unpaired) electrons. The second-order valence-electron chi connectivity index (χ2n) is 5.51. The van der Waals surface area contributed by atoms with Crippen molar-refractivity contribution in [3.05, 3.63) is 54.1 Å². The quantitative estimate of drug-likeness (QED) is 0.943. The molecule has 2 aromatic rings. The molecule has 1 atom stereocenters. The van der Waals surface area contributed by atoms with E-state index in [1.165, 1.54) is 6.07 Å². The van der Waals surface area contributed by atoms with Gasteiger partial charge in [-0.1, -0.05) is 6.07 Å². The van der Waals surface area contributed by atoms with Crippen LogP contribution in [-0.2, 0) is 0 Å². The molecule has 1 heterocycles. The Morgan fingerprint density at radius 1 is 1.17 bits per heavy atom. The number of likely N-dealkylation sites (tertiary alicyclic amines) is 1. The van der Waals surface area contributed by atoms with Crippen LogP contribution >= 0.6 is 0 Å². The summed E-state index contributed by atoms with van der Waals surface area (Å²) in [6.45, 7) is 1.19. The van der Waals surface area contributed by atoms with E-state index >= 15 is 0 Å².